The molecule has 0 aromatic heterocycles. The van der Waals surface area contributed by atoms with Gasteiger partial charge in [0.15, 0.2) is 0 Å². The maximum absolute atomic E-state index is 12.7. The Balaban J connectivity index is 2.68. The van der Waals surface area contributed by atoms with Crippen LogP contribution in [0.1, 0.15) is 24.9 Å². The molecule has 1 aromatic rings. The topological polar surface area (TPSA) is 12.0 Å². The Bertz CT molecular complexity index is 279. The van der Waals surface area contributed by atoms with Gasteiger partial charge in [-0.1, -0.05) is 25.1 Å². The summed E-state index contributed by atoms with van der Waals surface area (Å²) in [6.45, 7) is 6.80. The van der Waals surface area contributed by atoms with E-state index in [-0.39, 0.29) is 11.9 Å². The number of benzene rings is 1. The van der Waals surface area contributed by atoms with Crippen LogP contribution >= 0.6 is 0 Å². The van der Waals surface area contributed by atoms with Crippen molar-refractivity contribution < 1.29 is 4.39 Å². The summed E-state index contributed by atoms with van der Waals surface area (Å²) in [6, 6.07) is 6.63. The van der Waals surface area contributed by atoms with Gasteiger partial charge < -0.3 is 5.32 Å². The number of rotatable bonds is 5. The number of hydrogen-bond donors (Lipinski definition) is 1. The molecule has 1 unspecified atom stereocenters. The smallest absolute Gasteiger partial charge is 0.123 e. The maximum atomic E-state index is 12.7. The molecule has 0 radical (unpaired) electrons. The third kappa shape index (κ3) is 2.96. The Morgan fingerprint density at radius 1 is 1.43 bits per heavy atom. The van der Waals surface area contributed by atoms with Crippen LogP contribution in [0.2, 0.25) is 0 Å². The van der Waals surface area contributed by atoms with Gasteiger partial charge in [0.2, 0.25) is 0 Å². The Morgan fingerprint density at radius 3 is 2.57 bits per heavy atom. The van der Waals surface area contributed by atoms with E-state index in [4.69, 9.17) is 0 Å². The minimum absolute atomic E-state index is 0.121. The van der Waals surface area contributed by atoms with E-state index in [1.54, 1.807) is 12.1 Å². The number of nitrogens with one attached hydrogen (secondary N) is 1. The summed E-state index contributed by atoms with van der Waals surface area (Å²) in [5.41, 5.74) is 1.05. The van der Waals surface area contributed by atoms with Gasteiger partial charge in [-0.3, -0.25) is 0 Å². The van der Waals surface area contributed by atoms with Crippen molar-refractivity contribution in [3.63, 3.8) is 0 Å². The first-order valence-corrected chi connectivity index (χ1v) is 4.89. The van der Waals surface area contributed by atoms with Crippen molar-refractivity contribution in [1.29, 1.82) is 0 Å². The highest BCUT2D eigenvalue weighted by molar-refractivity contribution is 5.23. The summed E-state index contributed by atoms with van der Waals surface area (Å²) in [5.74, 6) is -0.202. The highest BCUT2D eigenvalue weighted by Crippen LogP contribution is 2.14. The molecule has 0 saturated carbocycles. The summed E-state index contributed by atoms with van der Waals surface area (Å²) in [4.78, 5) is 0. The van der Waals surface area contributed by atoms with Crippen LogP contribution in [-0.2, 0) is 0 Å². The van der Waals surface area contributed by atoms with E-state index < -0.39 is 0 Å². The molecule has 0 amide bonds. The molecule has 2 heteroatoms. The summed E-state index contributed by atoms with van der Waals surface area (Å²) >= 11 is 0. The standard InChI is InChI=1S/C12H16FN/c1-3-9-14-12(4-2)10-5-7-11(13)8-6-10/h4-8,12,14H,2-3,9H2,1H3. The van der Waals surface area contributed by atoms with Crippen molar-refractivity contribution in [3.05, 3.63) is 48.3 Å². The molecule has 1 nitrogen and oxygen atoms in total. The first-order chi connectivity index (χ1) is 6.77. The molecule has 76 valence electrons. The molecule has 1 N–H and O–H groups in total. The lowest BCUT2D eigenvalue weighted by atomic mass is 10.1. The van der Waals surface area contributed by atoms with Crippen LogP contribution in [0.15, 0.2) is 36.9 Å². The Morgan fingerprint density at radius 2 is 2.07 bits per heavy atom. The molecular formula is C12H16FN. The molecule has 14 heavy (non-hydrogen) atoms. The minimum atomic E-state index is -0.202. The summed E-state index contributed by atoms with van der Waals surface area (Å²) in [6.07, 6.45) is 2.91. The first kappa shape index (κ1) is 10.9. The molecule has 0 saturated heterocycles. The van der Waals surface area contributed by atoms with Gasteiger partial charge >= 0.3 is 0 Å². The van der Waals surface area contributed by atoms with Crippen molar-refractivity contribution in [1.82, 2.24) is 5.32 Å². The van der Waals surface area contributed by atoms with Crippen LogP contribution < -0.4 is 5.32 Å². The monoisotopic (exact) mass is 193 g/mol. The van der Waals surface area contributed by atoms with Crippen molar-refractivity contribution in [2.24, 2.45) is 0 Å². The highest BCUT2D eigenvalue weighted by atomic mass is 19.1. The molecule has 0 fully saturated rings. The Hall–Kier alpha value is -1.15. The fourth-order valence-corrected chi connectivity index (χ4v) is 1.31. The summed E-state index contributed by atoms with van der Waals surface area (Å²) in [5, 5.41) is 3.31. The molecule has 0 aliphatic carbocycles. The molecule has 1 atom stereocenters. The fraction of sp³-hybridized carbons (Fsp3) is 0.333. The van der Waals surface area contributed by atoms with E-state index >= 15 is 0 Å². The zero-order valence-corrected chi connectivity index (χ0v) is 8.46. The third-order valence-electron chi connectivity index (χ3n) is 2.08. The van der Waals surface area contributed by atoms with E-state index in [9.17, 15) is 4.39 Å². The fourth-order valence-electron chi connectivity index (χ4n) is 1.31. The van der Waals surface area contributed by atoms with Gasteiger partial charge in [-0.25, -0.2) is 4.39 Å². The highest BCUT2D eigenvalue weighted by Gasteiger charge is 2.05. The van der Waals surface area contributed by atoms with Crippen molar-refractivity contribution in [3.8, 4) is 0 Å². The van der Waals surface area contributed by atoms with Crippen LogP contribution in [0.3, 0.4) is 0 Å². The average molecular weight is 193 g/mol. The second-order valence-corrected chi connectivity index (χ2v) is 3.22. The van der Waals surface area contributed by atoms with Crippen LogP contribution in [0.5, 0.6) is 0 Å². The average Bonchev–Trinajstić information content (AvgIpc) is 2.21. The lowest BCUT2D eigenvalue weighted by Gasteiger charge is -2.14. The molecule has 0 spiro atoms. The van der Waals surface area contributed by atoms with E-state index in [0.29, 0.717) is 0 Å². The second kappa shape index (κ2) is 5.55. The summed E-state index contributed by atoms with van der Waals surface area (Å²) < 4.78 is 12.7. The molecule has 0 heterocycles. The maximum Gasteiger partial charge on any atom is 0.123 e. The zero-order chi connectivity index (χ0) is 10.4. The summed E-state index contributed by atoms with van der Waals surface area (Å²) in [7, 11) is 0. The van der Waals surface area contributed by atoms with Gasteiger partial charge in [0.1, 0.15) is 5.82 Å². The van der Waals surface area contributed by atoms with Crippen molar-refractivity contribution >= 4 is 0 Å². The third-order valence-corrected chi connectivity index (χ3v) is 2.08. The van der Waals surface area contributed by atoms with Crippen LogP contribution in [0.4, 0.5) is 4.39 Å². The minimum Gasteiger partial charge on any atom is -0.307 e. The molecule has 1 aromatic carbocycles. The molecular weight excluding hydrogens is 177 g/mol. The zero-order valence-electron chi connectivity index (χ0n) is 8.46. The van der Waals surface area contributed by atoms with Crippen LogP contribution in [0.25, 0.3) is 0 Å². The normalized spacial score (nSPS) is 12.4. The quantitative estimate of drug-likeness (QED) is 0.709. The van der Waals surface area contributed by atoms with Gasteiger partial charge in [0.05, 0.1) is 6.04 Å². The van der Waals surface area contributed by atoms with E-state index in [1.807, 2.05) is 6.08 Å². The first-order valence-electron chi connectivity index (χ1n) is 4.89. The largest absolute Gasteiger partial charge is 0.307 e. The van der Waals surface area contributed by atoms with E-state index in [1.165, 1.54) is 12.1 Å². The SMILES string of the molecule is C=CC(NCCC)c1ccc(F)cc1. The van der Waals surface area contributed by atoms with E-state index in [0.717, 1.165) is 18.5 Å². The van der Waals surface area contributed by atoms with Gasteiger partial charge in [-0.2, -0.15) is 0 Å². The van der Waals surface area contributed by atoms with Crippen molar-refractivity contribution in [2.75, 3.05) is 6.54 Å². The van der Waals surface area contributed by atoms with Gasteiger partial charge in [-0.15, -0.1) is 6.58 Å². The van der Waals surface area contributed by atoms with Gasteiger partial charge in [-0.05, 0) is 30.7 Å². The number of hydrogen-bond acceptors (Lipinski definition) is 1. The van der Waals surface area contributed by atoms with Crippen molar-refractivity contribution in [2.45, 2.75) is 19.4 Å². The molecule has 0 bridgehead atoms. The number of halogens is 1. The Labute approximate surface area is 84.6 Å². The lowest BCUT2D eigenvalue weighted by molar-refractivity contribution is 0.605. The molecule has 0 aliphatic rings. The van der Waals surface area contributed by atoms with Gasteiger partial charge in [0, 0.05) is 0 Å². The predicted molar refractivity (Wildman–Crippen MR) is 57.6 cm³/mol. The lowest BCUT2D eigenvalue weighted by Crippen LogP contribution is -2.20. The molecule has 0 aliphatic heterocycles. The Kier molecular flexibility index (Phi) is 4.33. The van der Waals surface area contributed by atoms with Crippen LogP contribution in [-0.4, -0.2) is 6.54 Å². The molecule has 1 rings (SSSR count). The van der Waals surface area contributed by atoms with E-state index in [2.05, 4.69) is 18.8 Å². The second-order valence-electron chi connectivity index (χ2n) is 3.22. The predicted octanol–water partition coefficient (Wildman–Crippen LogP) is 3.05. The van der Waals surface area contributed by atoms with Gasteiger partial charge in [0.25, 0.3) is 0 Å². The van der Waals surface area contributed by atoms with Crippen LogP contribution in [0, 0.1) is 5.82 Å².